The van der Waals surface area contributed by atoms with Crippen LogP contribution in [0.5, 0.6) is 0 Å². The lowest BCUT2D eigenvalue weighted by Gasteiger charge is -2.10. The number of esters is 1. The highest BCUT2D eigenvalue weighted by Crippen LogP contribution is 2.13. The first-order valence-electron chi connectivity index (χ1n) is 6.19. The monoisotopic (exact) mass is 307 g/mol. The zero-order valence-corrected chi connectivity index (χ0v) is 11.4. The minimum absolute atomic E-state index is 0.151. The van der Waals surface area contributed by atoms with E-state index >= 15 is 0 Å². The maximum Gasteiger partial charge on any atom is 0.405 e. The van der Waals surface area contributed by atoms with Gasteiger partial charge in [-0.15, -0.1) is 0 Å². The molecule has 0 saturated heterocycles. The molecule has 0 saturated carbocycles. The van der Waals surface area contributed by atoms with Crippen LogP contribution in [0.4, 0.5) is 18.9 Å². The van der Waals surface area contributed by atoms with E-state index in [9.17, 15) is 22.8 Å². The summed E-state index contributed by atoms with van der Waals surface area (Å²) >= 11 is 0. The normalized spacial score (nSPS) is 11.2. The van der Waals surface area contributed by atoms with Crippen molar-refractivity contribution in [3.05, 3.63) is 18.0 Å². The maximum atomic E-state index is 11.9. The van der Waals surface area contributed by atoms with Gasteiger partial charge in [-0.05, 0) is 12.5 Å². The van der Waals surface area contributed by atoms with E-state index in [4.69, 9.17) is 5.73 Å². The van der Waals surface area contributed by atoms with Crippen LogP contribution in [-0.4, -0.2) is 35.8 Å². The predicted molar refractivity (Wildman–Crippen MR) is 68.5 cm³/mol. The van der Waals surface area contributed by atoms with E-state index in [1.807, 2.05) is 6.92 Å². The second kappa shape index (κ2) is 7.00. The molecule has 9 heteroatoms. The Morgan fingerprint density at radius 2 is 2.10 bits per heavy atom. The van der Waals surface area contributed by atoms with Gasteiger partial charge in [0.15, 0.2) is 6.61 Å². The lowest BCUT2D eigenvalue weighted by molar-refractivity contribution is -0.140. The summed E-state index contributed by atoms with van der Waals surface area (Å²) in [5, 5.41) is 1.60. The van der Waals surface area contributed by atoms with Crippen LogP contribution in [0.3, 0.4) is 0 Å². The lowest BCUT2D eigenvalue weighted by atomic mass is 10.4. The molecule has 0 unspecified atom stereocenters. The van der Waals surface area contributed by atoms with Crippen molar-refractivity contribution in [2.24, 2.45) is 0 Å². The van der Waals surface area contributed by atoms with Gasteiger partial charge in [-0.25, -0.2) is 4.79 Å². The number of amides is 1. The summed E-state index contributed by atoms with van der Waals surface area (Å²) in [6.07, 6.45) is -2.21. The predicted octanol–water partition coefficient (Wildman–Crippen LogP) is 1.32. The average molecular weight is 307 g/mol. The summed E-state index contributed by atoms with van der Waals surface area (Å²) in [5.41, 5.74) is 6.08. The highest BCUT2D eigenvalue weighted by molar-refractivity contribution is 5.91. The van der Waals surface area contributed by atoms with E-state index in [1.165, 1.54) is 6.07 Å². The maximum absolute atomic E-state index is 11.9. The largest absolute Gasteiger partial charge is 0.451 e. The molecule has 1 aromatic heterocycles. The molecule has 0 aromatic carbocycles. The topological polar surface area (TPSA) is 86.3 Å². The standard InChI is InChI=1S/C12H16F3N3O3/c1-2-3-18-5-8(16)4-9(18)11(20)21-6-10(19)17-7-12(13,14)15/h4-5H,2-3,6-7,16H2,1H3,(H,17,19). The van der Waals surface area contributed by atoms with Crippen molar-refractivity contribution >= 4 is 17.6 Å². The molecular formula is C12H16F3N3O3. The molecule has 1 amide bonds. The molecular weight excluding hydrogens is 291 g/mol. The summed E-state index contributed by atoms with van der Waals surface area (Å²) in [6, 6.07) is 1.38. The Morgan fingerprint density at radius 1 is 1.43 bits per heavy atom. The number of nitrogens with one attached hydrogen (secondary N) is 1. The minimum atomic E-state index is -4.51. The number of anilines is 1. The molecule has 0 fully saturated rings. The van der Waals surface area contributed by atoms with Crippen LogP contribution >= 0.6 is 0 Å². The number of hydrogen-bond acceptors (Lipinski definition) is 4. The molecule has 0 aliphatic rings. The number of ether oxygens (including phenoxy) is 1. The van der Waals surface area contributed by atoms with Gasteiger partial charge >= 0.3 is 12.1 Å². The molecule has 1 heterocycles. The highest BCUT2D eigenvalue weighted by atomic mass is 19.4. The first-order valence-corrected chi connectivity index (χ1v) is 6.19. The Morgan fingerprint density at radius 3 is 2.67 bits per heavy atom. The lowest BCUT2D eigenvalue weighted by Crippen LogP contribution is -2.36. The molecule has 0 spiro atoms. The van der Waals surface area contributed by atoms with E-state index in [0.717, 1.165) is 6.42 Å². The van der Waals surface area contributed by atoms with Crippen molar-refractivity contribution in [3.8, 4) is 0 Å². The van der Waals surface area contributed by atoms with Crippen molar-refractivity contribution < 1.29 is 27.5 Å². The number of aromatic nitrogens is 1. The van der Waals surface area contributed by atoms with E-state index in [1.54, 1.807) is 16.1 Å². The van der Waals surface area contributed by atoms with E-state index in [-0.39, 0.29) is 5.69 Å². The fraction of sp³-hybridized carbons (Fsp3) is 0.500. The van der Waals surface area contributed by atoms with Crippen molar-refractivity contribution in [1.29, 1.82) is 0 Å². The van der Waals surface area contributed by atoms with Crippen LogP contribution in [0.25, 0.3) is 0 Å². The number of aryl methyl sites for hydroxylation is 1. The molecule has 0 aliphatic heterocycles. The average Bonchev–Trinajstić information content (AvgIpc) is 2.74. The SMILES string of the molecule is CCCn1cc(N)cc1C(=O)OCC(=O)NCC(F)(F)F. The molecule has 3 N–H and O–H groups in total. The minimum Gasteiger partial charge on any atom is -0.451 e. The molecule has 0 bridgehead atoms. The van der Waals surface area contributed by atoms with Crippen LogP contribution in [0.2, 0.25) is 0 Å². The number of nitrogen functional groups attached to an aromatic ring is 1. The van der Waals surface area contributed by atoms with Crippen LogP contribution in [0.1, 0.15) is 23.8 Å². The van der Waals surface area contributed by atoms with E-state index in [2.05, 4.69) is 4.74 Å². The Bertz CT molecular complexity index is 512. The molecule has 0 atom stereocenters. The third-order valence-electron chi connectivity index (χ3n) is 2.41. The molecule has 6 nitrogen and oxygen atoms in total. The first-order chi connectivity index (χ1) is 9.73. The molecule has 0 aliphatic carbocycles. The Hall–Kier alpha value is -2.19. The van der Waals surface area contributed by atoms with Crippen molar-refractivity contribution in [1.82, 2.24) is 9.88 Å². The molecule has 0 radical (unpaired) electrons. The number of hydrogen-bond donors (Lipinski definition) is 2. The van der Waals surface area contributed by atoms with Gasteiger partial charge in [0.2, 0.25) is 0 Å². The molecule has 1 aromatic rings. The number of carbonyl (C=O) groups is 2. The Labute approximate surface area is 119 Å². The van der Waals surface area contributed by atoms with Gasteiger partial charge in [0.1, 0.15) is 12.2 Å². The second-order valence-electron chi connectivity index (χ2n) is 4.32. The van der Waals surface area contributed by atoms with Crippen molar-refractivity contribution in [2.45, 2.75) is 26.1 Å². The van der Waals surface area contributed by atoms with Gasteiger partial charge < -0.3 is 20.4 Å². The van der Waals surface area contributed by atoms with Crippen molar-refractivity contribution in [2.75, 3.05) is 18.9 Å². The van der Waals surface area contributed by atoms with Gasteiger partial charge in [0.05, 0.1) is 5.69 Å². The molecule has 118 valence electrons. The zero-order valence-electron chi connectivity index (χ0n) is 11.4. The number of nitrogens with zero attached hydrogens (tertiary/aromatic N) is 1. The summed E-state index contributed by atoms with van der Waals surface area (Å²) in [5.74, 6) is -1.84. The third kappa shape index (κ3) is 5.76. The summed E-state index contributed by atoms with van der Waals surface area (Å²) in [6.45, 7) is 0.173. The second-order valence-corrected chi connectivity index (χ2v) is 4.32. The number of rotatable bonds is 6. The zero-order chi connectivity index (χ0) is 16.0. The molecule has 1 rings (SSSR count). The van der Waals surface area contributed by atoms with Crippen LogP contribution in [0, 0.1) is 0 Å². The van der Waals surface area contributed by atoms with E-state index in [0.29, 0.717) is 12.2 Å². The Balaban J connectivity index is 2.52. The number of carbonyl (C=O) groups excluding carboxylic acids is 2. The van der Waals surface area contributed by atoms with Gasteiger partial charge in [0, 0.05) is 12.7 Å². The summed E-state index contributed by atoms with van der Waals surface area (Å²) < 4.78 is 41.9. The Kier molecular flexibility index (Phi) is 5.62. The fourth-order valence-corrected chi connectivity index (χ4v) is 1.58. The van der Waals surface area contributed by atoms with Gasteiger partial charge in [-0.3, -0.25) is 4.79 Å². The highest BCUT2D eigenvalue weighted by Gasteiger charge is 2.28. The third-order valence-corrected chi connectivity index (χ3v) is 2.41. The first kappa shape index (κ1) is 16.9. The smallest absolute Gasteiger partial charge is 0.405 e. The fourth-order valence-electron chi connectivity index (χ4n) is 1.58. The molecule has 21 heavy (non-hydrogen) atoms. The number of alkyl halides is 3. The summed E-state index contributed by atoms with van der Waals surface area (Å²) in [4.78, 5) is 22.9. The van der Waals surface area contributed by atoms with Crippen molar-refractivity contribution in [3.63, 3.8) is 0 Å². The summed E-state index contributed by atoms with van der Waals surface area (Å²) in [7, 11) is 0. The van der Waals surface area contributed by atoms with Crippen LogP contribution in [0.15, 0.2) is 12.3 Å². The van der Waals surface area contributed by atoms with Crippen LogP contribution < -0.4 is 11.1 Å². The number of halogens is 3. The van der Waals surface area contributed by atoms with Gasteiger partial charge in [-0.2, -0.15) is 13.2 Å². The van der Waals surface area contributed by atoms with Gasteiger partial charge in [0.25, 0.3) is 5.91 Å². The quantitative estimate of drug-likeness (QED) is 0.776. The van der Waals surface area contributed by atoms with Gasteiger partial charge in [-0.1, -0.05) is 6.92 Å². The van der Waals surface area contributed by atoms with E-state index < -0.39 is 31.2 Å². The number of nitrogens with two attached hydrogens (primary N) is 1. The van der Waals surface area contributed by atoms with Crippen LogP contribution in [-0.2, 0) is 16.1 Å².